The van der Waals surface area contributed by atoms with Crippen molar-refractivity contribution in [2.24, 2.45) is 0 Å². The van der Waals surface area contributed by atoms with Crippen molar-refractivity contribution in [2.45, 2.75) is 64.2 Å². The van der Waals surface area contributed by atoms with Crippen LogP contribution in [0.25, 0.3) is 116 Å². The maximum Gasteiger partial charge on any atom is 0.143 e. The SMILES string of the molecule is CCC(C)c1ccc(-c2ccc3c(c2)-c2ccc4oc5ccc(-n6c7ccccc7c7c8c(ccc76)-c6ccccc6C8)cc5c4c2C2CCC32)cc1-c1c(C)ccc2c1oc1ccccc12. The first-order valence-corrected chi connectivity index (χ1v) is 24.3. The molecule has 0 aliphatic heterocycles. The van der Waals surface area contributed by atoms with Crippen LogP contribution in [0, 0.1) is 6.92 Å². The second kappa shape index (κ2) is 13.7. The normalized spacial score (nSPS) is 16.4. The van der Waals surface area contributed by atoms with Crippen LogP contribution in [0.4, 0.5) is 0 Å². The third kappa shape index (κ3) is 5.12. The average Bonchev–Trinajstić information content (AvgIpc) is 4.12. The van der Waals surface area contributed by atoms with Gasteiger partial charge in [0.1, 0.15) is 22.3 Å². The molecule has 3 unspecified atom stereocenters. The minimum atomic E-state index is 0.398. The molecule has 3 aliphatic rings. The van der Waals surface area contributed by atoms with Gasteiger partial charge in [0, 0.05) is 43.6 Å². The number of hydrogen-bond acceptors (Lipinski definition) is 2. The second-order valence-corrected chi connectivity index (χ2v) is 19.8. The fourth-order valence-corrected chi connectivity index (χ4v) is 13.0. The van der Waals surface area contributed by atoms with Gasteiger partial charge in [0.15, 0.2) is 0 Å². The van der Waals surface area contributed by atoms with Gasteiger partial charge < -0.3 is 13.4 Å². The van der Waals surface area contributed by atoms with Crippen LogP contribution in [0.3, 0.4) is 0 Å². The largest absolute Gasteiger partial charge is 0.456 e. The summed E-state index contributed by atoms with van der Waals surface area (Å²) in [7, 11) is 0. The second-order valence-electron chi connectivity index (χ2n) is 19.8. The minimum absolute atomic E-state index is 0.398. The molecule has 9 aromatic carbocycles. The summed E-state index contributed by atoms with van der Waals surface area (Å²) < 4.78 is 16.0. The Kier molecular flexibility index (Phi) is 7.69. The molecule has 67 heavy (non-hydrogen) atoms. The highest BCUT2D eigenvalue weighted by molar-refractivity contribution is 6.15. The van der Waals surface area contributed by atoms with Crippen molar-refractivity contribution in [1.29, 1.82) is 0 Å². The molecule has 1 fully saturated rings. The third-order valence-electron chi connectivity index (χ3n) is 16.5. The van der Waals surface area contributed by atoms with E-state index in [1.807, 2.05) is 0 Å². The summed E-state index contributed by atoms with van der Waals surface area (Å²) >= 11 is 0. The molecule has 0 amide bonds. The molecular weight excluding hydrogens is 815 g/mol. The first kappa shape index (κ1) is 37.6. The molecule has 15 rings (SSSR count). The molecule has 12 aromatic rings. The van der Waals surface area contributed by atoms with E-state index in [4.69, 9.17) is 8.83 Å². The summed E-state index contributed by atoms with van der Waals surface area (Å²) in [5.41, 5.74) is 26.3. The summed E-state index contributed by atoms with van der Waals surface area (Å²) in [6.45, 7) is 6.88. The van der Waals surface area contributed by atoms with Gasteiger partial charge in [-0.1, -0.05) is 123 Å². The maximum atomic E-state index is 6.79. The van der Waals surface area contributed by atoms with Gasteiger partial charge in [0.2, 0.25) is 0 Å². The molecule has 3 heterocycles. The molecule has 3 nitrogen and oxygen atoms in total. The molecule has 320 valence electrons. The summed E-state index contributed by atoms with van der Waals surface area (Å²) in [6.07, 6.45) is 4.42. The van der Waals surface area contributed by atoms with Crippen LogP contribution < -0.4 is 0 Å². The molecule has 0 radical (unpaired) electrons. The zero-order valence-electron chi connectivity index (χ0n) is 37.9. The van der Waals surface area contributed by atoms with Gasteiger partial charge in [-0.05, 0) is 177 Å². The number of furan rings is 2. The highest BCUT2D eigenvalue weighted by Crippen LogP contribution is 2.60. The van der Waals surface area contributed by atoms with E-state index in [1.54, 1.807) is 0 Å². The lowest BCUT2D eigenvalue weighted by Crippen LogP contribution is -2.26. The number of hydrogen-bond donors (Lipinski definition) is 0. The van der Waals surface area contributed by atoms with E-state index in [2.05, 4.69) is 189 Å². The van der Waals surface area contributed by atoms with Crippen LogP contribution in [-0.4, -0.2) is 4.57 Å². The van der Waals surface area contributed by atoms with Crippen LogP contribution in [0.2, 0.25) is 0 Å². The van der Waals surface area contributed by atoms with Gasteiger partial charge in [-0.15, -0.1) is 0 Å². The number of rotatable bonds is 5. The van der Waals surface area contributed by atoms with Crippen LogP contribution in [-0.2, 0) is 6.42 Å². The Morgan fingerprint density at radius 1 is 0.552 bits per heavy atom. The van der Waals surface area contributed by atoms with Crippen molar-refractivity contribution in [1.82, 2.24) is 4.57 Å². The van der Waals surface area contributed by atoms with Crippen molar-refractivity contribution in [3.63, 3.8) is 0 Å². The van der Waals surface area contributed by atoms with Gasteiger partial charge in [-0.3, -0.25) is 0 Å². The van der Waals surface area contributed by atoms with Crippen molar-refractivity contribution < 1.29 is 8.83 Å². The Bertz CT molecular complexity index is 4110. The molecule has 0 bridgehead atoms. The monoisotopic (exact) mass is 861 g/mol. The number of aromatic nitrogens is 1. The summed E-state index contributed by atoms with van der Waals surface area (Å²) in [4.78, 5) is 0. The van der Waals surface area contributed by atoms with E-state index in [9.17, 15) is 0 Å². The van der Waals surface area contributed by atoms with Crippen LogP contribution in [0.1, 0.15) is 84.2 Å². The van der Waals surface area contributed by atoms with Gasteiger partial charge in [-0.25, -0.2) is 0 Å². The van der Waals surface area contributed by atoms with Gasteiger partial charge in [-0.2, -0.15) is 0 Å². The van der Waals surface area contributed by atoms with Gasteiger partial charge >= 0.3 is 0 Å². The van der Waals surface area contributed by atoms with E-state index >= 15 is 0 Å². The molecule has 0 N–H and O–H groups in total. The number of nitrogens with zero attached hydrogens (tertiary/aromatic N) is 1. The van der Waals surface area contributed by atoms with E-state index in [0.717, 1.165) is 35.2 Å². The van der Waals surface area contributed by atoms with Crippen molar-refractivity contribution in [2.75, 3.05) is 0 Å². The van der Waals surface area contributed by atoms with Crippen LogP contribution in [0.5, 0.6) is 0 Å². The lowest BCUT2D eigenvalue weighted by molar-refractivity contribution is 0.345. The number of para-hydroxylation sites is 2. The Labute approximate surface area is 388 Å². The minimum Gasteiger partial charge on any atom is -0.456 e. The van der Waals surface area contributed by atoms with Crippen LogP contribution in [0.15, 0.2) is 173 Å². The van der Waals surface area contributed by atoms with E-state index in [0.29, 0.717) is 17.8 Å². The summed E-state index contributed by atoms with van der Waals surface area (Å²) in [5.74, 6) is 1.36. The van der Waals surface area contributed by atoms with E-state index in [-0.39, 0.29) is 0 Å². The Morgan fingerprint density at radius 2 is 1.31 bits per heavy atom. The highest BCUT2D eigenvalue weighted by Gasteiger charge is 2.42. The standard InChI is InChI=1S/C64H47NO2/c1-4-35(2)41-22-18-38(32-52(41)60-36(3)17-21-49-46-13-8-10-16-57(46)67-64(49)60)37-19-23-45-44-24-25-47(44)62-48(51(45)31-37)27-30-59-63(62)54-34-40(20-29-58(54)66-59)65-55-15-9-7-14-50(55)61-53-33-39-11-5-6-12-42(39)43(53)26-28-56(61)65/h5-23,26-32,34-35,44,47H,4,24-25,33H2,1-3H3. The predicted molar refractivity (Wildman–Crippen MR) is 278 cm³/mol. The molecule has 0 saturated heterocycles. The fourth-order valence-electron chi connectivity index (χ4n) is 13.0. The Balaban J connectivity index is 0.900. The Morgan fingerprint density at radius 3 is 2.19 bits per heavy atom. The zero-order chi connectivity index (χ0) is 44.2. The molecule has 3 atom stereocenters. The third-order valence-corrected chi connectivity index (χ3v) is 16.5. The quantitative estimate of drug-likeness (QED) is 0.173. The van der Waals surface area contributed by atoms with Crippen molar-refractivity contribution >= 4 is 65.7 Å². The van der Waals surface area contributed by atoms with Gasteiger partial charge in [0.25, 0.3) is 0 Å². The van der Waals surface area contributed by atoms with E-state index < -0.39 is 0 Å². The molecule has 0 spiro atoms. The highest BCUT2D eigenvalue weighted by atomic mass is 16.3. The number of fused-ring (bicyclic) bond motifs is 20. The number of benzene rings is 9. The van der Waals surface area contributed by atoms with E-state index in [1.165, 1.54) is 140 Å². The fraction of sp³-hybridized carbons (Fsp3) is 0.156. The zero-order valence-corrected chi connectivity index (χ0v) is 37.9. The lowest BCUT2D eigenvalue weighted by atomic mass is 9.60. The van der Waals surface area contributed by atoms with Crippen molar-refractivity contribution in [3.8, 4) is 50.2 Å². The predicted octanol–water partition coefficient (Wildman–Crippen LogP) is 18.0. The summed E-state index contributed by atoms with van der Waals surface area (Å²) in [6, 6.07) is 61.5. The maximum absolute atomic E-state index is 6.79. The van der Waals surface area contributed by atoms with Crippen molar-refractivity contribution in [3.05, 3.63) is 197 Å². The lowest BCUT2D eigenvalue weighted by Gasteiger charge is -2.43. The Hall–Kier alpha value is -7.62. The topological polar surface area (TPSA) is 31.2 Å². The first-order valence-electron chi connectivity index (χ1n) is 24.3. The molecule has 3 aliphatic carbocycles. The molecular formula is C64H47NO2. The first-order chi connectivity index (χ1) is 33.0. The summed E-state index contributed by atoms with van der Waals surface area (Å²) in [5, 5.41) is 7.50. The number of aryl methyl sites for hydroxylation is 1. The molecule has 3 aromatic heterocycles. The smallest absolute Gasteiger partial charge is 0.143 e. The molecule has 1 saturated carbocycles. The average molecular weight is 862 g/mol. The van der Waals surface area contributed by atoms with Gasteiger partial charge in [0.05, 0.1) is 11.0 Å². The van der Waals surface area contributed by atoms with Crippen LogP contribution >= 0.6 is 0 Å². The molecule has 3 heteroatoms.